The van der Waals surface area contributed by atoms with E-state index >= 15 is 0 Å². The molecule has 0 saturated heterocycles. The van der Waals surface area contributed by atoms with Crippen LogP contribution >= 0.6 is 11.6 Å². The molecule has 0 fully saturated rings. The van der Waals surface area contributed by atoms with E-state index in [1.54, 1.807) is 17.1 Å². The van der Waals surface area contributed by atoms with Crippen molar-refractivity contribution in [1.29, 1.82) is 0 Å². The average Bonchev–Trinajstić information content (AvgIpc) is 2.46. The molecule has 0 amide bonds. The maximum atomic E-state index is 12.4. The van der Waals surface area contributed by atoms with E-state index in [-0.39, 0.29) is 5.56 Å². The van der Waals surface area contributed by atoms with Crippen molar-refractivity contribution >= 4 is 33.4 Å². The number of fused-ring (bicyclic) bond motifs is 3. The summed E-state index contributed by atoms with van der Waals surface area (Å²) in [7, 11) is 0. The molecule has 2 aromatic heterocycles. The Labute approximate surface area is 121 Å². The van der Waals surface area contributed by atoms with Gasteiger partial charge in [0, 0.05) is 24.0 Å². The zero-order valence-corrected chi connectivity index (χ0v) is 11.9. The van der Waals surface area contributed by atoms with E-state index in [4.69, 9.17) is 11.6 Å². The first-order valence-electron chi connectivity index (χ1n) is 6.51. The fourth-order valence-corrected chi connectivity index (χ4v) is 2.43. The van der Waals surface area contributed by atoms with Crippen molar-refractivity contribution in [3.05, 3.63) is 46.6 Å². The van der Waals surface area contributed by atoms with Crippen LogP contribution in [0.1, 0.15) is 12.0 Å². The first-order chi connectivity index (χ1) is 9.70. The van der Waals surface area contributed by atoms with E-state index in [9.17, 15) is 4.79 Å². The molecule has 0 aliphatic rings. The molecule has 102 valence electrons. The number of benzene rings is 1. The molecule has 5 heteroatoms. The summed E-state index contributed by atoms with van der Waals surface area (Å²) in [6.07, 6.45) is 3.95. The van der Waals surface area contributed by atoms with Crippen molar-refractivity contribution in [3.8, 4) is 0 Å². The highest BCUT2D eigenvalue weighted by Gasteiger charge is 2.08. The number of aromatic nitrogens is 3. The lowest BCUT2D eigenvalue weighted by Gasteiger charge is -2.07. The highest BCUT2D eigenvalue weighted by molar-refractivity contribution is 6.17. The van der Waals surface area contributed by atoms with Crippen molar-refractivity contribution in [2.45, 2.75) is 19.9 Å². The molecule has 4 nitrogen and oxygen atoms in total. The van der Waals surface area contributed by atoms with Gasteiger partial charge in [0.05, 0.1) is 22.7 Å². The van der Waals surface area contributed by atoms with E-state index in [1.807, 2.05) is 25.1 Å². The molecule has 1 aromatic carbocycles. The van der Waals surface area contributed by atoms with Gasteiger partial charge in [-0.3, -0.25) is 14.3 Å². The predicted molar refractivity (Wildman–Crippen MR) is 81.4 cm³/mol. The highest BCUT2D eigenvalue weighted by atomic mass is 35.5. The van der Waals surface area contributed by atoms with Crippen LogP contribution in [-0.2, 0) is 6.54 Å². The van der Waals surface area contributed by atoms with Gasteiger partial charge in [0.2, 0.25) is 0 Å². The van der Waals surface area contributed by atoms with E-state index in [0.717, 1.165) is 22.9 Å². The van der Waals surface area contributed by atoms with Crippen LogP contribution in [-0.4, -0.2) is 20.4 Å². The van der Waals surface area contributed by atoms with Crippen LogP contribution in [0, 0.1) is 6.92 Å². The number of pyridine rings is 1. The molecule has 3 aromatic rings. The van der Waals surface area contributed by atoms with Crippen LogP contribution in [0.3, 0.4) is 0 Å². The highest BCUT2D eigenvalue weighted by Crippen LogP contribution is 2.20. The summed E-state index contributed by atoms with van der Waals surface area (Å²) in [5.74, 6) is 0.527. The quantitative estimate of drug-likeness (QED) is 0.550. The molecule has 0 unspecified atom stereocenters. The summed E-state index contributed by atoms with van der Waals surface area (Å²) in [6, 6.07) is 5.97. The molecular weight excluding hydrogens is 274 g/mol. The molecule has 0 saturated carbocycles. The standard InChI is InChI=1S/C15H14ClN3O/c1-10-3-4-13-11(7-10)14-12(8-17-13)15(20)19(9-18-14)6-2-5-16/h3-4,7-9H,2,5-6H2,1H3. The number of rotatable bonds is 3. The molecule has 0 radical (unpaired) electrons. The van der Waals surface area contributed by atoms with Crippen LogP contribution in [0.5, 0.6) is 0 Å². The zero-order chi connectivity index (χ0) is 14.1. The van der Waals surface area contributed by atoms with Gasteiger partial charge in [-0.1, -0.05) is 11.6 Å². The Morgan fingerprint density at radius 1 is 1.25 bits per heavy atom. The Morgan fingerprint density at radius 3 is 2.90 bits per heavy atom. The monoisotopic (exact) mass is 287 g/mol. The SMILES string of the molecule is Cc1ccc2ncc3c(=O)n(CCCCl)cnc3c2c1. The van der Waals surface area contributed by atoms with Gasteiger partial charge in [0.25, 0.3) is 5.56 Å². The minimum Gasteiger partial charge on any atom is -0.299 e. The fraction of sp³-hybridized carbons (Fsp3) is 0.267. The third kappa shape index (κ3) is 2.16. The summed E-state index contributed by atoms with van der Waals surface area (Å²) in [6.45, 7) is 2.59. The van der Waals surface area contributed by atoms with Crippen molar-refractivity contribution in [1.82, 2.24) is 14.5 Å². The molecular formula is C15H14ClN3O. The number of hydrogen-bond acceptors (Lipinski definition) is 3. The summed E-state index contributed by atoms with van der Waals surface area (Å²) in [4.78, 5) is 21.2. The van der Waals surface area contributed by atoms with Crippen molar-refractivity contribution < 1.29 is 0 Å². The Morgan fingerprint density at radius 2 is 2.10 bits per heavy atom. The summed E-state index contributed by atoms with van der Waals surface area (Å²) in [5.41, 5.74) is 2.63. The lowest BCUT2D eigenvalue weighted by atomic mass is 10.1. The molecule has 0 aliphatic heterocycles. The van der Waals surface area contributed by atoms with Crippen LogP contribution in [0.25, 0.3) is 21.8 Å². The third-order valence-electron chi connectivity index (χ3n) is 3.35. The van der Waals surface area contributed by atoms with Crippen LogP contribution in [0.4, 0.5) is 0 Å². The van der Waals surface area contributed by atoms with Gasteiger partial charge < -0.3 is 0 Å². The maximum absolute atomic E-state index is 12.4. The average molecular weight is 288 g/mol. The normalized spacial score (nSPS) is 11.3. The maximum Gasteiger partial charge on any atom is 0.262 e. The van der Waals surface area contributed by atoms with Crippen molar-refractivity contribution in [2.24, 2.45) is 0 Å². The Bertz CT molecular complexity index is 842. The second-order valence-electron chi connectivity index (χ2n) is 4.83. The summed E-state index contributed by atoms with van der Waals surface area (Å²) < 4.78 is 1.59. The molecule has 0 bridgehead atoms. The largest absolute Gasteiger partial charge is 0.299 e. The molecule has 2 heterocycles. The lowest BCUT2D eigenvalue weighted by Crippen LogP contribution is -2.21. The van der Waals surface area contributed by atoms with Gasteiger partial charge in [-0.15, -0.1) is 11.6 Å². The number of aryl methyl sites for hydroxylation is 2. The number of hydrogen-bond donors (Lipinski definition) is 0. The van der Waals surface area contributed by atoms with Gasteiger partial charge >= 0.3 is 0 Å². The minimum absolute atomic E-state index is 0.0592. The second-order valence-corrected chi connectivity index (χ2v) is 5.20. The molecule has 20 heavy (non-hydrogen) atoms. The zero-order valence-electron chi connectivity index (χ0n) is 11.1. The van der Waals surface area contributed by atoms with Crippen LogP contribution in [0.15, 0.2) is 35.5 Å². The Balaban J connectivity index is 2.28. The van der Waals surface area contributed by atoms with Crippen molar-refractivity contribution in [2.75, 3.05) is 5.88 Å². The number of halogens is 1. The number of alkyl halides is 1. The van der Waals surface area contributed by atoms with Crippen LogP contribution in [0.2, 0.25) is 0 Å². The first-order valence-corrected chi connectivity index (χ1v) is 7.04. The first kappa shape index (κ1) is 13.1. The molecule has 0 aliphatic carbocycles. The van der Waals surface area contributed by atoms with Gasteiger partial charge in [-0.05, 0) is 25.5 Å². The Hall–Kier alpha value is -1.94. The van der Waals surface area contributed by atoms with Gasteiger partial charge in [0.15, 0.2) is 0 Å². The fourth-order valence-electron chi connectivity index (χ4n) is 2.31. The smallest absolute Gasteiger partial charge is 0.262 e. The minimum atomic E-state index is -0.0592. The summed E-state index contributed by atoms with van der Waals surface area (Å²) in [5, 5.41) is 1.48. The van der Waals surface area contributed by atoms with Gasteiger partial charge in [-0.2, -0.15) is 0 Å². The van der Waals surface area contributed by atoms with Gasteiger partial charge in [0.1, 0.15) is 0 Å². The molecule has 0 atom stereocenters. The number of nitrogens with zero attached hydrogens (tertiary/aromatic N) is 3. The van der Waals surface area contributed by atoms with E-state index in [2.05, 4.69) is 9.97 Å². The summed E-state index contributed by atoms with van der Waals surface area (Å²) >= 11 is 5.67. The van der Waals surface area contributed by atoms with E-state index in [0.29, 0.717) is 23.3 Å². The third-order valence-corrected chi connectivity index (χ3v) is 3.61. The second kappa shape index (κ2) is 5.21. The molecule has 0 spiro atoms. The van der Waals surface area contributed by atoms with Crippen LogP contribution < -0.4 is 5.56 Å². The lowest BCUT2D eigenvalue weighted by molar-refractivity contribution is 0.650. The van der Waals surface area contributed by atoms with Gasteiger partial charge in [-0.25, -0.2) is 4.98 Å². The topological polar surface area (TPSA) is 47.8 Å². The molecule has 0 N–H and O–H groups in total. The van der Waals surface area contributed by atoms with Crippen molar-refractivity contribution in [3.63, 3.8) is 0 Å². The molecule has 3 rings (SSSR count). The van der Waals surface area contributed by atoms with E-state index in [1.165, 1.54) is 0 Å². The Kier molecular flexibility index (Phi) is 3.40. The predicted octanol–water partition coefficient (Wildman–Crippen LogP) is 2.88. The van der Waals surface area contributed by atoms with E-state index < -0.39 is 0 Å².